The third-order valence-electron chi connectivity index (χ3n) is 4.91. The average molecular weight is 505 g/mol. The van der Waals surface area contributed by atoms with E-state index in [0.29, 0.717) is 45.6 Å². The molecule has 0 atom stereocenters. The molecule has 2 amide bonds. The van der Waals surface area contributed by atoms with E-state index in [2.05, 4.69) is 31.4 Å². The standard InChI is InChI=1S/C24H48N2O5.2C2H6/c1-21(2,3)11-14-29-24(8,9)18-20(28)26-13-16-31-22(4,5)12-15-30-23(6,7)17-19(27)25-10;2*1-2/h11-18H2,1-10H3,(H,25,27)(H,26,28);2*1-2H3. The Balaban J connectivity index is -0.00000242. The first kappa shape index (κ1) is 38.4. The van der Waals surface area contributed by atoms with Crippen LogP contribution >= 0.6 is 0 Å². The molecule has 0 aromatic rings. The van der Waals surface area contributed by atoms with Gasteiger partial charge < -0.3 is 24.8 Å². The maximum atomic E-state index is 12.2. The van der Waals surface area contributed by atoms with E-state index in [1.165, 1.54) is 0 Å². The molecule has 35 heavy (non-hydrogen) atoms. The molecule has 0 unspecified atom stereocenters. The van der Waals surface area contributed by atoms with E-state index in [-0.39, 0.29) is 22.8 Å². The van der Waals surface area contributed by atoms with Crippen LogP contribution in [0.2, 0.25) is 0 Å². The lowest BCUT2D eigenvalue weighted by Gasteiger charge is -2.29. The fourth-order valence-electron chi connectivity index (χ4n) is 2.82. The van der Waals surface area contributed by atoms with Gasteiger partial charge in [0.05, 0.1) is 42.9 Å². The molecule has 0 spiro atoms. The van der Waals surface area contributed by atoms with Gasteiger partial charge in [-0.15, -0.1) is 0 Å². The SMILES string of the molecule is CC.CC.CNC(=O)CC(C)(C)OCCC(C)(C)OCCNC(=O)CC(C)(C)OCCC(C)(C)C. The van der Waals surface area contributed by atoms with Crippen LogP contribution in [0.5, 0.6) is 0 Å². The first-order chi connectivity index (χ1) is 16.0. The Labute approximate surface area is 217 Å². The van der Waals surface area contributed by atoms with Gasteiger partial charge in [0.25, 0.3) is 0 Å². The number of hydrogen-bond acceptors (Lipinski definition) is 5. The van der Waals surface area contributed by atoms with Gasteiger partial charge in [-0.1, -0.05) is 48.5 Å². The van der Waals surface area contributed by atoms with Gasteiger partial charge in [-0.25, -0.2) is 0 Å². The van der Waals surface area contributed by atoms with E-state index in [0.717, 1.165) is 6.42 Å². The van der Waals surface area contributed by atoms with Crippen molar-refractivity contribution in [2.75, 3.05) is 33.4 Å². The molecule has 212 valence electrons. The Kier molecular flexibility index (Phi) is 20.8. The summed E-state index contributed by atoms with van der Waals surface area (Å²) < 4.78 is 17.7. The third kappa shape index (κ3) is 25.7. The largest absolute Gasteiger partial charge is 0.375 e. The molecule has 0 aliphatic rings. The zero-order valence-corrected chi connectivity index (χ0v) is 25.7. The summed E-state index contributed by atoms with van der Waals surface area (Å²) in [5.74, 6) is -0.0829. The van der Waals surface area contributed by atoms with Crippen LogP contribution in [0.25, 0.3) is 0 Å². The second kappa shape index (κ2) is 19.0. The van der Waals surface area contributed by atoms with E-state index in [4.69, 9.17) is 14.2 Å². The Hall–Kier alpha value is -1.18. The van der Waals surface area contributed by atoms with Gasteiger partial charge in [-0.05, 0) is 59.8 Å². The summed E-state index contributed by atoms with van der Waals surface area (Å²) in [7, 11) is 1.62. The molecular formula is C28H60N2O5. The molecule has 0 rings (SSSR count). The molecule has 0 aliphatic carbocycles. The number of carbonyl (C=O) groups is 2. The van der Waals surface area contributed by atoms with Gasteiger partial charge in [-0.2, -0.15) is 0 Å². The molecule has 0 radical (unpaired) electrons. The third-order valence-corrected chi connectivity index (χ3v) is 4.91. The maximum Gasteiger partial charge on any atom is 0.222 e. The summed E-state index contributed by atoms with van der Waals surface area (Å²) in [6.45, 7) is 28.2. The first-order valence-electron chi connectivity index (χ1n) is 13.4. The van der Waals surface area contributed by atoms with Crippen LogP contribution in [-0.4, -0.2) is 62.0 Å². The van der Waals surface area contributed by atoms with Crippen LogP contribution in [0.4, 0.5) is 0 Å². The molecule has 0 aliphatic heterocycles. The summed E-state index contributed by atoms with van der Waals surface area (Å²) >= 11 is 0. The molecule has 0 saturated heterocycles. The topological polar surface area (TPSA) is 85.9 Å². The second-order valence-corrected chi connectivity index (χ2v) is 11.3. The van der Waals surface area contributed by atoms with Gasteiger partial charge in [0, 0.05) is 20.2 Å². The van der Waals surface area contributed by atoms with E-state index < -0.39 is 11.2 Å². The van der Waals surface area contributed by atoms with Crippen LogP contribution in [-0.2, 0) is 23.8 Å². The Morgan fingerprint density at radius 3 is 1.43 bits per heavy atom. The van der Waals surface area contributed by atoms with Crippen molar-refractivity contribution in [1.82, 2.24) is 10.6 Å². The van der Waals surface area contributed by atoms with Gasteiger partial charge in [0.2, 0.25) is 11.8 Å². The second-order valence-electron chi connectivity index (χ2n) is 11.3. The fourth-order valence-corrected chi connectivity index (χ4v) is 2.82. The number of carbonyl (C=O) groups excluding carboxylic acids is 2. The molecule has 2 N–H and O–H groups in total. The van der Waals surface area contributed by atoms with Gasteiger partial charge in [0.1, 0.15) is 0 Å². The van der Waals surface area contributed by atoms with Crippen molar-refractivity contribution in [3.63, 3.8) is 0 Å². The smallest absolute Gasteiger partial charge is 0.222 e. The van der Waals surface area contributed by atoms with Crippen molar-refractivity contribution in [3.8, 4) is 0 Å². The quantitative estimate of drug-likeness (QED) is 0.271. The van der Waals surface area contributed by atoms with Crippen molar-refractivity contribution >= 4 is 11.8 Å². The number of nitrogens with one attached hydrogen (secondary N) is 2. The maximum absolute atomic E-state index is 12.2. The summed E-state index contributed by atoms with van der Waals surface area (Å²) in [5.41, 5.74) is -1.18. The highest BCUT2D eigenvalue weighted by atomic mass is 16.5. The van der Waals surface area contributed by atoms with Crippen LogP contribution in [0.15, 0.2) is 0 Å². The summed E-state index contributed by atoms with van der Waals surface area (Å²) in [5, 5.41) is 5.52. The molecule has 0 aromatic carbocycles. The Morgan fingerprint density at radius 2 is 1.00 bits per heavy atom. The van der Waals surface area contributed by atoms with E-state index in [1.54, 1.807) is 7.05 Å². The zero-order chi connectivity index (χ0) is 28.3. The van der Waals surface area contributed by atoms with Crippen molar-refractivity contribution < 1.29 is 23.8 Å². The molecule has 0 aromatic heterocycles. The highest BCUT2D eigenvalue weighted by Gasteiger charge is 2.26. The average Bonchev–Trinajstić information content (AvgIpc) is 2.72. The molecule has 7 heteroatoms. The van der Waals surface area contributed by atoms with E-state index in [9.17, 15) is 9.59 Å². The van der Waals surface area contributed by atoms with Crippen LogP contribution < -0.4 is 10.6 Å². The molecular weight excluding hydrogens is 444 g/mol. The fraction of sp³-hybridized carbons (Fsp3) is 0.929. The first-order valence-corrected chi connectivity index (χ1v) is 13.4. The zero-order valence-electron chi connectivity index (χ0n) is 25.7. The number of ether oxygens (including phenoxy) is 3. The van der Waals surface area contributed by atoms with Crippen molar-refractivity contribution in [2.24, 2.45) is 5.41 Å². The predicted molar refractivity (Wildman–Crippen MR) is 148 cm³/mol. The highest BCUT2D eigenvalue weighted by molar-refractivity contribution is 5.77. The number of hydrogen-bond donors (Lipinski definition) is 2. The molecule has 0 heterocycles. The Morgan fingerprint density at radius 1 is 0.600 bits per heavy atom. The minimum Gasteiger partial charge on any atom is -0.375 e. The number of rotatable bonds is 15. The lowest BCUT2D eigenvalue weighted by atomic mass is 9.93. The monoisotopic (exact) mass is 504 g/mol. The van der Waals surface area contributed by atoms with Crippen molar-refractivity contribution in [1.29, 1.82) is 0 Å². The minimum atomic E-state index is -0.522. The minimum absolute atomic E-state index is 0.0403. The van der Waals surface area contributed by atoms with E-state index >= 15 is 0 Å². The van der Waals surface area contributed by atoms with Gasteiger partial charge in [0.15, 0.2) is 0 Å². The molecule has 7 nitrogen and oxygen atoms in total. The van der Waals surface area contributed by atoms with E-state index in [1.807, 2.05) is 69.2 Å². The normalized spacial score (nSPS) is 12.1. The summed E-state index contributed by atoms with van der Waals surface area (Å²) in [6.07, 6.45) is 2.27. The Bertz CT molecular complexity index is 552. The molecule has 0 bridgehead atoms. The predicted octanol–water partition coefficient (Wildman–Crippen LogP) is 5.89. The lowest BCUT2D eigenvalue weighted by Crippen LogP contribution is -2.38. The van der Waals surface area contributed by atoms with Crippen LogP contribution in [0, 0.1) is 5.41 Å². The lowest BCUT2D eigenvalue weighted by molar-refractivity contribution is -0.130. The highest BCUT2D eigenvalue weighted by Crippen LogP contribution is 2.22. The van der Waals surface area contributed by atoms with Crippen molar-refractivity contribution in [2.45, 2.75) is 132 Å². The van der Waals surface area contributed by atoms with Gasteiger partial charge >= 0.3 is 0 Å². The van der Waals surface area contributed by atoms with Crippen LogP contribution in [0.1, 0.15) is 116 Å². The van der Waals surface area contributed by atoms with Gasteiger partial charge in [-0.3, -0.25) is 9.59 Å². The molecule has 0 saturated carbocycles. The summed E-state index contributed by atoms with van der Waals surface area (Å²) in [6, 6.07) is 0. The number of amides is 2. The van der Waals surface area contributed by atoms with Crippen molar-refractivity contribution in [3.05, 3.63) is 0 Å². The summed E-state index contributed by atoms with van der Waals surface area (Å²) in [4.78, 5) is 23.8. The molecule has 0 fully saturated rings. The van der Waals surface area contributed by atoms with Crippen LogP contribution in [0.3, 0.4) is 0 Å².